The third-order valence-corrected chi connectivity index (χ3v) is 6.78. The van der Waals surface area contributed by atoms with Gasteiger partial charge in [0.2, 0.25) is 0 Å². The lowest BCUT2D eigenvalue weighted by Gasteiger charge is -2.35. The second-order valence-electron chi connectivity index (χ2n) is 8.96. The fourth-order valence-corrected chi connectivity index (χ4v) is 5.20. The maximum atomic E-state index is 11.8. The van der Waals surface area contributed by atoms with Crippen molar-refractivity contribution in [1.82, 2.24) is 9.88 Å². The molecule has 6 heteroatoms. The number of esters is 1. The smallest absolute Gasteiger partial charge is 0.337 e. The molecule has 2 fully saturated rings. The van der Waals surface area contributed by atoms with Crippen molar-refractivity contribution in [2.75, 3.05) is 20.2 Å². The largest absolute Gasteiger partial charge is 0.488 e. The number of aliphatic hydroxyl groups excluding tert-OH is 1. The topological polar surface area (TPSA) is 71.9 Å². The molecule has 1 aliphatic heterocycles. The highest BCUT2D eigenvalue weighted by Gasteiger charge is 2.42. The fourth-order valence-electron chi connectivity index (χ4n) is 5.20. The number of rotatable bonds is 5. The maximum absolute atomic E-state index is 11.8. The molecule has 1 aliphatic carbocycles. The summed E-state index contributed by atoms with van der Waals surface area (Å²) in [6, 6.07) is 17.5. The minimum Gasteiger partial charge on any atom is -0.488 e. The van der Waals surface area contributed by atoms with Gasteiger partial charge in [0.1, 0.15) is 11.9 Å². The van der Waals surface area contributed by atoms with Gasteiger partial charge in [0, 0.05) is 31.2 Å². The van der Waals surface area contributed by atoms with E-state index in [1.165, 1.54) is 12.7 Å². The summed E-state index contributed by atoms with van der Waals surface area (Å²) in [6.45, 7) is 2.88. The van der Waals surface area contributed by atoms with Crippen molar-refractivity contribution in [3.05, 3.63) is 71.9 Å². The lowest BCUT2D eigenvalue weighted by atomic mass is 9.78. The van der Waals surface area contributed by atoms with Gasteiger partial charge in [-0.05, 0) is 60.6 Å². The zero-order chi connectivity index (χ0) is 22.1. The third-order valence-electron chi connectivity index (χ3n) is 6.78. The highest BCUT2D eigenvalue weighted by Crippen LogP contribution is 2.38. The van der Waals surface area contributed by atoms with Crippen molar-refractivity contribution < 1.29 is 19.4 Å². The molecule has 0 radical (unpaired) electrons. The van der Waals surface area contributed by atoms with Crippen LogP contribution in [0.1, 0.15) is 28.8 Å². The predicted molar refractivity (Wildman–Crippen MR) is 121 cm³/mol. The van der Waals surface area contributed by atoms with E-state index >= 15 is 0 Å². The van der Waals surface area contributed by atoms with Gasteiger partial charge in [-0.1, -0.05) is 24.3 Å². The molecule has 0 amide bonds. The van der Waals surface area contributed by atoms with E-state index in [9.17, 15) is 9.90 Å². The Morgan fingerprint density at radius 1 is 1.09 bits per heavy atom. The highest BCUT2D eigenvalue weighted by molar-refractivity contribution is 5.89. The van der Waals surface area contributed by atoms with Crippen LogP contribution >= 0.6 is 0 Å². The van der Waals surface area contributed by atoms with Crippen LogP contribution in [0, 0.1) is 11.8 Å². The van der Waals surface area contributed by atoms with E-state index in [0.29, 0.717) is 23.1 Å². The summed E-state index contributed by atoms with van der Waals surface area (Å²) in [5.74, 6) is 1.17. The minimum atomic E-state index is -0.511. The molecule has 2 aromatic carbocycles. The van der Waals surface area contributed by atoms with Crippen LogP contribution in [-0.4, -0.2) is 53.4 Å². The van der Waals surface area contributed by atoms with Crippen molar-refractivity contribution in [2.45, 2.75) is 31.6 Å². The van der Waals surface area contributed by atoms with Crippen molar-refractivity contribution >= 4 is 16.9 Å². The SMILES string of the molecule is COC(=O)c1cccc(O[C@@H]2C[C@@H]3CN(Cc4ccc5cccnc5c4)C[C@@H]3C[C@H]2O)c1. The van der Waals surface area contributed by atoms with E-state index in [1.54, 1.807) is 18.2 Å². The quantitative estimate of drug-likeness (QED) is 0.621. The van der Waals surface area contributed by atoms with Gasteiger partial charge in [-0.25, -0.2) is 4.79 Å². The van der Waals surface area contributed by atoms with Crippen LogP contribution in [0.15, 0.2) is 60.8 Å². The fraction of sp³-hybridized carbons (Fsp3) is 0.385. The highest BCUT2D eigenvalue weighted by atomic mass is 16.5. The number of carbonyl (C=O) groups is 1. The molecular formula is C26H28N2O4. The molecule has 1 N–H and O–H groups in total. The minimum absolute atomic E-state index is 0.269. The van der Waals surface area contributed by atoms with Crippen molar-refractivity contribution in [2.24, 2.45) is 11.8 Å². The normalized spacial score (nSPS) is 25.4. The van der Waals surface area contributed by atoms with E-state index in [-0.39, 0.29) is 6.10 Å². The lowest BCUT2D eigenvalue weighted by molar-refractivity contribution is -0.0231. The number of fused-ring (bicyclic) bond motifs is 2. The molecular weight excluding hydrogens is 404 g/mol. The van der Waals surface area contributed by atoms with Gasteiger partial charge in [0.25, 0.3) is 0 Å². The number of methoxy groups -OCH3 is 1. The maximum Gasteiger partial charge on any atom is 0.337 e. The average molecular weight is 433 g/mol. The Kier molecular flexibility index (Phi) is 5.81. The number of aliphatic hydroxyl groups is 1. The number of nitrogens with zero attached hydrogens (tertiary/aromatic N) is 2. The zero-order valence-corrected chi connectivity index (χ0v) is 18.2. The molecule has 4 atom stereocenters. The van der Waals surface area contributed by atoms with Crippen LogP contribution in [0.4, 0.5) is 0 Å². The van der Waals surface area contributed by atoms with Crippen LogP contribution in [0.25, 0.3) is 10.9 Å². The Hall–Kier alpha value is -2.96. The monoisotopic (exact) mass is 432 g/mol. The molecule has 2 heterocycles. The number of likely N-dealkylation sites (tertiary alicyclic amines) is 1. The molecule has 5 rings (SSSR count). The number of hydrogen-bond acceptors (Lipinski definition) is 6. The average Bonchev–Trinajstić information content (AvgIpc) is 3.19. The second-order valence-corrected chi connectivity index (χ2v) is 8.96. The van der Waals surface area contributed by atoms with E-state index < -0.39 is 12.1 Å². The third kappa shape index (κ3) is 4.33. The van der Waals surface area contributed by atoms with Gasteiger partial charge in [-0.3, -0.25) is 9.88 Å². The first-order chi connectivity index (χ1) is 15.6. The van der Waals surface area contributed by atoms with Gasteiger partial charge in [-0.2, -0.15) is 0 Å². The Balaban J connectivity index is 1.23. The van der Waals surface area contributed by atoms with Crippen LogP contribution < -0.4 is 4.74 Å². The van der Waals surface area contributed by atoms with E-state index in [4.69, 9.17) is 9.47 Å². The van der Waals surface area contributed by atoms with Gasteiger partial charge in [-0.15, -0.1) is 0 Å². The van der Waals surface area contributed by atoms with E-state index in [0.717, 1.165) is 43.4 Å². The first-order valence-corrected chi connectivity index (χ1v) is 11.2. The van der Waals surface area contributed by atoms with Gasteiger partial charge in [0.05, 0.1) is 24.3 Å². The van der Waals surface area contributed by atoms with Crippen molar-refractivity contribution in [1.29, 1.82) is 0 Å². The number of carbonyl (C=O) groups excluding carboxylic acids is 1. The van der Waals surface area contributed by atoms with E-state index in [1.807, 2.05) is 18.3 Å². The van der Waals surface area contributed by atoms with E-state index in [2.05, 4.69) is 34.1 Å². The molecule has 1 aromatic heterocycles. The summed E-state index contributed by atoms with van der Waals surface area (Å²) in [5.41, 5.74) is 2.74. The van der Waals surface area contributed by atoms with Gasteiger partial charge >= 0.3 is 5.97 Å². The first-order valence-electron chi connectivity index (χ1n) is 11.2. The molecule has 0 spiro atoms. The summed E-state index contributed by atoms with van der Waals surface area (Å²) in [5, 5.41) is 11.9. The molecule has 6 nitrogen and oxygen atoms in total. The first kappa shape index (κ1) is 20.9. The van der Waals surface area contributed by atoms with Crippen LogP contribution in [0.3, 0.4) is 0 Å². The van der Waals surface area contributed by atoms with Crippen molar-refractivity contribution in [3.8, 4) is 5.75 Å². The molecule has 3 aromatic rings. The molecule has 0 unspecified atom stereocenters. The summed E-state index contributed by atoms with van der Waals surface area (Å²) >= 11 is 0. The van der Waals surface area contributed by atoms with Crippen LogP contribution in [-0.2, 0) is 11.3 Å². The van der Waals surface area contributed by atoms with Crippen LogP contribution in [0.5, 0.6) is 5.75 Å². The molecule has 0 bridgehead atoms. The summed E-state index contributed by atoms with van der Waals surface area (Å²) < 4.78 is 10.9. The Labute approximate surface area is 187 Å². The number of ether oxygens (including phenoxy) is 2. The standard InChI is InChI=1S/C26H28N2O4/c1-31-26(30)19-4-2-6-22(11-19)32-25-13-21-16-28(15-20(21)12-24(25)29)14-17-7-8-18-5-3-9-27-23(18)10-17/h2-11,20-21,24-25,29H,12-16H2,1H3/t20-,21+,24+,25+/m0/s1. The summed E-state index contributed by atoms with van der Waals surface area (Å²) in [6.07, 6.45) is 2.60. The molecule has 1 saturated heterocycles. The molecule has 2 aliphatic rings. The predicted octanol–water partition coefficient (Wildman–Crippen LogP) is 3.67. The Morgan fingerprint density at radius 3 is 2.78 bits per heavy atom. The molecule has 1 saturated carbocycles. The molecule has 166 valence electrons. The second kappa shape index (κ2) is 8.88. The van der Waals surface area contributed by atoms with Gasteiger partial charge < -0.3 is 14.6 Å². The zero-order valence-electron chi connectivity index (χ0n) is 18.2. The van der Waals surface area contributed by atoms with Crippen molar-refractivity contribution in [3.63, 3.8) is 0 Å². The number of aromatic nitrogens is 1. The number of pyridine rings is 1. The number of hydrogen-bond donors (Lipinski definition) is 1. The Bertz CT molecular complexity index is 1120. The summed E-state index contributed by atoms with van der Waals surface area (Å²) in [7, 11) is 1.36. The summed E-state index contributed by atoms with van der Waals surface area (Å²) in [4.78, 5) is 18.7. The van der Waals surface area contributed by atoms with Crippen LogP contribution in [0.2, 0.25) is 0 Å². The Morgan fingerprint density at radius 2 is 1.94 bits per heavy atom. The lowest BCUT2D eigenvalue weighted by Crippen LogP contribution is -2.42. The van der Waals surface area contributed by atoms with Gasteiger partial charge in [0.15, 0.2) is 0 Å². The number of benzene rings is 2. The molecule has 32 heavy (non-hydrogen) atoms.